The minimum atomic E-state index is -0.431. The van der Waals surface area contributed by atoms with Gasteiger partial charge in [0, 0.05) is 24.1 Å². The van der Waals surface area contributed by atoms with Crippen LogP contribution in [0.25, 0.3) is 0 Å². The van der Waals surface area contributed by atoms with Gasteiger partial charge < -0.3 is 0 Å². The fourth-order valence-electron chi connectivity index (χ4n) is 4.16. The lowest BCUT2D eigenvalue weighted by Crippen LogP contribution is -2.13. The minimum absolute atomic E-state index is 0.0436. The van der Waals surface area contributed by atoms with Crippen LogP contribution in [0.4, 0.5) is 5.69 Å². The number of nitrogens with zero attached hydrogens (tertiary/aromatic N) is 1. The first kappa shape index (κ1) is 19.3. The van der Waals surface area contributed by atoms with E-state index in [1.165, 1.54) is 56.2 Å². The number of ketones is 1. The van der Waals surface area contributed by atoms with E-state index in [0.717, 1.165) is 11.5 Å². The number of carbonyl (C=O) groups is 1. The van der Waals surface area contributed by atoms with Gasteiger partial charge in [-0.2, -0.15) is 0 Å². The summed E-state index contributed by atoms with van der Waals surface area (Å²) in [6.45, 7) is 2.26. The maximum atomic E-state index is 12.5. The zero-order valence-electron chi connectivity index (χ0n) is 15.9. The quantitative estimate of drug-likeness (QED) is 0.339. The standard InChI is InChI=1S/C23H27NO3/c1-2-3-17-4-8-19(9-5-17)20-10-12-21(13-11-20)23(25)16-18-6-14-22(15-7-18)24(26)27/h6-7,10-15,17,19H,2-5,8-9,16H2,1H3/t17-,19-. The Morgan fingerprint density at radius 2 is 1.63 bits per heavy atom. The Kier molecular flexibility index (Phi) is 6.38. The van der Waals surface area contributed by atoms with E-state index in [-0.39, 0.29) is 17.9 Å². The molecule has 3 rings (SSSR count). The molecule has 4 heteroatoms. The maximum Gasteiger partial charge on any atom is 0.269 e. The fraction of sp³-hybridized carbons (Fsp3) is 0.435. The predicted octanol–water partition coefficient (Wildman–Crippen LogP) is 6.09. The minimum Gasteiger partial charge on any atom is -0.294 e. The van der Waals surface area contributed by atoms with Gasteiger partial charge in [-0.05, 0) is 48.6 Å². The number of carbonyl (C=O) groups excluding carboxylic acids is 1. The molecule has 1 fully saturated rings. The predicted molar refractivity (Wildman–Crippen MR) is 107 cm³/mol. The van der Waals surface area contributed by atoms with Crippen molar-refractivity contribution in [1.82, 2.24) is 0 Å². The molecule has 2 aromatic carbocycles. The second-order valence-corrected chi connectivity index (χ2v) is 7.65. The van der Waals surface area contributed by atoms with Crippen molar-refractivity contribution in [2.45, 2.75) is 57.8 Å². The van der Waals surface area contributed by atoms with Gasteiger partial charge in [0.25, 0.3) is 5.69 Å². The average molecular weight is 365 g/mol. The van der Waals surface area contributed by atoms with Gasteiger partial charge in [-0.1, -0.05) is 56.2 Å². The highest BCUT2D eigenvalue weighted by atomic mass is 16.6. The molecule has 0 heterocycles. The van der Waals surface area contributed by atoms with Gasteiger partial charge in [0.1, 0.15) is 0 Å². The van der Waals surface area contributed by atoms with Crippen LogP contribution in [0, 0.1) is 16.0 Å². The van der Waals surface area contributed by atoms with Crippen molar-refractivity contribution in [3.05, 3.63) is 75.3 Å². The van der Waals surface area contributed by atoms with E-state index < -0.39 is 4.92 Å². The largest absolute Gasteiger partial charge is 0.294 e. The molecular weight excluding hydrogens is 338 g/mol. The van der Waals surface area contributed by atoms with Crippen molar-refractivity contribution in [2.24, 2.45) is 5.92 Å². The Morgan fingerprint density at radius 3 is 2.19 bits per heavy atom. The third-order valence-electron chi connectivity index (χ3n) is 5.76. The number of non-ortho nitro benzene ring substituents is 1. The van der Waals surface area contributed by atoms with Crippen LogP contribution in [0.15, 0.2) is 48.5 Å². The van der Waals surface area contributed by atoms with Crippen molar-refractivity contribution in [3.63, 3.8) is 0 Å². The SMILES string of the molecule is CCC[C@H]1CC[C@H](c2ccc(C(=O)Cc3ccc([N+](=O)[O-])cc3)cc2)CC1. The lowest BCUT2D eigenvalue weighted by atomic mass is 9.77. The van der Waals surface area contributed by atoms with E-state index in [0.29, 0.717) is 11.5 Å². The molecule has 0 saturated heterocycles. The van der Waals surface area contributed by atoms with E-state index >= 15 is 0 Å². The molecule has 0 unspecified atom stereocenters. The summed E-state index contributed by atoms with van der Waals surface area (Å²) in [5.41, 5.74) is 2.89. The van der Waals surface area contributed by atoms with Crippen molar-refractivity contribution in [1.29, 1.82) is 0 Å². The summed E-state index contributed by atoms with van der Waals surface area (Å²) in [4.78, 5) is 22.8. The summed E-state index contributed by atoms with van der Waals surface area (Å²) in [7, 11) is 0. The van der Waals surface area contributed by atoms with Gasteiger partial charge in [0.2, 0.25) is 0 Å². The van der Waals surface area contributed by atoms with Gasteiger partial charge in [-0.3, -0.25) is 14.9 Å². The molecule has 0 N–H and O–H groups in total. The zero-order valence-corrected chi connectivity index (χ0v) is 15.9. The van der Waals surface area contributed by atoms with Gasteiger partial charge in [-0.15, -0.1) is 0 Å². The first-order valence-electron chi connectivity index (χ1n) is 9.93. The van der Waals surface area contributed by atoms with Crippen LogP contribution >= 0.6 is 0 Å². The van der Waals surface area contributed by atoms with Crippen LogP contribution in [0.1, 0.15) is 72.9 Å². The Bertz CT molecular complexity index is 772. The molecule has 0 atom stereocenters. The molecule has 4 nitrogen and oxygen atoms in total. The second-order valence-electron chi connectivity index (χ2n) is 7.65. The number of hydrogen-bond donors (Lipinski definition) is 0. The summed E-state index contributed by atoms with van der Waals surface area (Å²) in [6.07, 6.45) is 8.03. The first-order valence-corrected chi connectivity index (χ1v) is 9.93. The summed E-state index contributed by atoms with van der Waals surface area (Å²) < 4.78 is 0. The highest BCUT2D eigenvalue weighted by Crippen LogP contribution is 2.37. The molecule has 0 aliphatic heterocycles. The van der Waals surface area contributed by atoms with E-state index in [9.17, 15) is 14.9 Å². The van der Waals surface area contributed by atoms with E-state index in [4.69, 9.17) is 0 Å². The topological polar surface area (TPSA) is 60.2 Å². The van der Waals surface area contributed by atoms with Crippen LogP contribution in [0.2, 0.25) is 0 Å². The second kappa shape index (κ2) is 8.94. The monoisotopic (exact) mass is 365 g/mol. The summed E-state index contributed by atoms with van der Waals surface area (Å²) in [6, 6.07) is 14.3. The number of nitro groups is 1. The third kappa shape index (κ3) is 5.03. The van der Waals surface area contributed by atoms with Gasteiger partial charge >= 0.3 is 0 Å². The molecular formula is C23H27NO3. The highest BCUT2D eigenvalue weighted by Gasteiger charge is 2.22. The van der Waals surface area contributed by atoms with E-state index in [2.05, 4.69) is 19.1 Å². The lowest BCUT2D eigenvalue weighted by Gasteiger charge is -2.28. The third-order valence-corrected chi connectivity index (χ3v) is 5.76. The molecule has 0 amide bonds. The zero-order chi connectivity index (χ0) is 19.2. The molecule has 1 aliphatic rings. The molecule has 0 radical (unpaired) electrons. The fourth-order valence-corrected chi connectivity index (χ4v) is 4.16. The first-order chi connectivity index (χ1) is 13.1. The molecule has 142 valence electrons. The normalized spacial score (nSPS) is 19.6. The highest BCUT2D eigenvalue weighted by molar-refractivity contribution is 5.97. The number of nitro benzene ring substituents is 1. The Morgan fingerprint density at radius 1 is 1.00 bits per heavy atom. The van der Waals surface area contributed by atoms with Crippen molar-refractivity contribution in [3.8, 4) is 0 Å². The number of benzene rings is 2. The van der Waals surface area contributed by atoms with Crippen LogP contribution in [-0.4, -0.2) is 10.7 Å². The van der Waals surface area contributed by atoms with Crippen LogP contribution in [0.3, 0.4) is 0 Å². The van der Waals surface area contributed by atoms with Gasteiger partial charge in [-0.25, -0.2) is 0 Å². The molecule has 0 spiro atoms. The number of Topliss-reactive ketones (excluding diaryl/α,β-unsaturated/α-hetero) is 1. The van der Waals surface area contributed by atoms with Crippen molar-refractivity contribution >= 4 is 11.5 Å². The number of hydrogen-bond acceptors (Lipinski definition) is 3. The molecule has 27 heavy (non-hydrogen) atoms. The van der Waals surface area contributed by atoms with Crippen molar-refractivity contribution < 1.29 is 9.72 Å². The molecule has 2 aromatic rings. The maximum absolute atomic E-state index is 12.5. The summed E-state index contributed by atoms with van der Waals surface area (Å²) in [5.74, 6) is 1.56. The Labute approximate surface area is 160 Å². The van der Waals surface area contributed by atoms with E-state index in [1.807, 2.05) is 12.1 Å². The van der Waals surface area contributed by atoms with Crippen LogP contribution < -0.4 is 0 Å². The molecule has 0 bridgehead atoms. The molecule has 1 aliphatic carbocycles. The Hall–Kier alpha value is -2.49. The smallest absolute Gasteiger partial charge is 0.269 e. The molecule has 1 saturated carbocycles. The average Bonchev–Trinajstić information content (AvgIpc) is 2.69. The lowest BCUT2D eigenvalue weighted by molar-refractivity contribution is -0.384. The summed E-state index contributed by atoms with van der Waals surface area (Å²) in [5, 5.41) is 10.7. The van der Waals surface area contributed by atoms with E-state index in [1.54, 1.807) is 12.1 Å². The van der Waals surface area contributed by atoms with Crippen molar-refractivity contribution in [2.75, 3.05) is 0 Å². The van der Waals surface area contributed by atoms with Gasteiger partial charge in [0.15, 0.2) is 5.78 Å². The number of rotatable bonds is 7. The van der Waals surface area contributed by atoms with Gasteiger partial charge in [0.05, 0.1) is 4.92 Å². The van der Waals surface area contributed by atoms with Crippen LogP contribution in [-0.2, 0) is 6.42 Å². The Balaban J connectivity index is 1.58. The van der Waals surface area contributed by atoms with Crippen LogP contribution in [0.5, 0.6) is 0 Å². The molecule has 0 aromatic heterocycles. The summed E-state index contributed by atoms with van der Waals surface area (Å²) >= 11 is 0.